The zero-order chi connectivity index (χ0) is 27.6. The maximum Gasteiger partial charge on any atom is 0.323 e. The van der Waals surface area contributed by atoms with Gasteiger partial charge in [0.15, 0.2) is 0 Å². The first-order valence-electron chi connectivity index (χ1n) is 12.5. The molecule has 39 heavy (non-hydrogen) atoms. The van der Waals surface area contributed by atoms with Gasteiger partial charge in [-0.25, -0.2) is 4.98 Å². The van der Waals surface area contributed by atoms with Gasteiger partial charge in [-0.1, -0.05) is 72.8 Å². The van der Waals surface area contributed by atoms with Crippen molar-refractivity contribution < 1.29 is 29.3 Å². The molecule has 3 N–H and O–H groups in total. The number of ether oxygens (including phenoxy) is 1. The summed E-state index contributed by atoms with van der Waals surface area (Å²) in [5.74, 6) is -3.69. The molecule has 0 aliphatic rings. The fourth-order valence-electron chi connectivity index (χ4n) is 4.25. The number of carbonyl (C=O) groups is 3. The van der Waals surface area contributed by atoms with Crippen molar-refractivity contribution in [3.8, 4) is 16.9 Å². The van der Waals surface area contributed by atoms with Crippen molar-refractivity contribution >= 4 is 23.8 Å². The molecule has 1 aromatic heterocycles. The first-order chi connectivity index (χ1) is 18.9. The molecule has 3 aromatic carbocycles. The van der Waals surface area contributed by atoms with Crippen LogP contribution < -0.4 is 10.1 Å². The van der Waals surface area contributed by atoms with Crippen LogP contribution in [-0.2, 0) is 27.3 Å². The number of anilines is 1. The van der Waals surface area contributed by atoms with Crippen LogP contribution in [0.15, 0.2) is 97.3 Å². The Morgan fingerprint density at radius 3 is 2.13 bits per heavy atom. The van der Waals surface area contributed by atoms with E-state index >= 15 is 0 Å². The molecule has 1 heterocycles. The Kier molecular flexibility index (Phi) is 9.07. The number of carboxylic acid groups (broad SMARTS) is 2. The third kappa shape index (κ3) is 7.78. The van der Waals surface area contributed by atoms with Gasteiger partial charge >= 0.3 is 11.9 Å². The standard InChI is InChI=1S/C30H29N3O6/c34-27(35)19-33-16-15-31-30(33)32-28(36)24(18-25(29(37)38)20-39-26-9-5-2-6-10-26)17-21-11-13-23(14-12-21)22-7-3-1-4-8-22/h1-16,24-25H,17-20H2,(H,34,35)(H,37,38)(H,31,32,36)/t24-,25?/m1/s1. The highest BCUT2D eigenvalue weighted by Crippen LogP contribution is 2.24. The second-order valence-corrected chi connectivity index (χ2v) is 9.12. The van der Waals surface area contributed by atoms with Gasteiger partial charge in [-0.05, 0) is 41.7 Å². The van der Waals surface area contributed by atoms with Gasteiger partial charge in [0.1, 0.15) is 18.9 Å². The molecule has 9 nitrogen and oxygen atoms in total. The highest BCUT2D eigenvalue weighted by atomic mass is 16.5. The lowest BCUT2D eigenvalue weighted by atomic mass is 9.88. The molecule has 4 aromatic rings. The van der Waals surface area contributed by atoms with Crippen LogP contribution in [-0.4, -0.2) is 44.2 Å². The van der Waals surface area contributed by atoms with Gasteiger partial charge < -0.3 is 19.5 Å². The molecule has 0 bridgehead atoms. The summed E-state index contributed by atoms with van der Waals surface area (Å²) in [5, 5.41) is 21.7. The van der Waals surface area contributed by atoms with Crippen molar-refractivity contribution in [3.05, 3.63) is 103 Å². The third-order valence-electron chi connectivity index (χ3n) is 6.28. The van der Waals surface area contributed by atoms with Crippen LogP contribution in [0, 0.1) is 11.8 Å². The molecule has 0 saturated heterocycles. The minimum atomic E-state index is -1.08. The normalized spacial score (nSPS) is 12.3. The molecule has 0 aliphatic heterocycles. The van der Waals surface area contributed by atoms with Gasteiger partial charge in [0, 0.05) is 18.3 Å². The zero-order valence-corrected chi connectivity index (χ0v) is 21.1. The number of amides is 1. The van der Waals surface area contributed by atoms with Crippen molar-refractivity contribution in [3.63, 3.8) is 0 Å². The van der Waals surface area contributed by atoms with E-state index < -0.39 is 29.7 Å². The number of aliphatic carboxylic acids is 2. The highest BCUT2D eigenvalue weighted by molar-refractivity contribution is 5.91. The summed E-state index contributed by atoms with van der Waals surface area (Å²) in [6.45, 7) is -0.479. The van der Waals surface area contributed by atoms with Crippen LogP contribution in [0.3, 0.4) is 0 Å². The van der Waals surface area contributed by atoms with Crippen molar-refractivity contribution in [2.24, 2.45) is 11.8 Å². The van der Waals surface area contributed by atoms with Crippen LogP contribution in [0.25, 0.3) is 11.1 Å². The number of carbonyl (C=O) groups excluding carboxylic acids is 1. The van der Waals surface area contributed by atoms with E-state index in [0.29, 0.717) is 5.75 Å². The highest BCUT2D eigenvalue weighted by Gasteiger charge is 2.29. The van der Waals surface area contributed by atoms with Crippen molar-refractivity contribution in [1.29, 1.82) is 0 Å². The topological polar surface area (TPSA) is 131 Å². The Balaban J connectivity index is 1.53. The summed E-state index contributed by atoms with van der Waals surface area (Å²) in [6.07, 6.45) is 3.13. The van der Waals surface area contributed by atoms with Crippen molar-refractivity contribution in [1.82, 2.24) is 9.55 Å². The number of nitrogens with zero attached hydrogens (tertiary/aromatic N) is 2. The van der Waals surface area contributed by atoms with Crippen molar-refractivity contribution in [2.75, 3.05) is 11.9 Å². The molecule has 0 fully saturated rings. The van der Waals surface area contributed by atoms with Crippen LogP contribution >= 0.6 is 0 Å². The summed E-state index contributed by atoms with van der Waals surface area (Å²) in [6, 6.07) is 26.5. The minimum absolute atomic E-state index is 0.00801. The number of carboxylic acids is 2. The summed E-state index contributed by atoms with van der Waals surface area (Å²) in [5.41, 5.74) is 2.94. The van der Waals surface area contributed by atoms with E-state index in [9.17, 15) is 19.5 Å². The number of para-hydroxylation sites is 1. The number of rotatable bonds is 13. The Morgan fingerprint density at radius 2 is 1.49 bits per heavy atom. The molecular weight excluding hydrogens is 498 g/mol. The lowest BCUT2D eigenvalue weighted by Crippen LogP contribution is -2.32. The number of hydrogen-bond acceptors (Lipinski definition) is 5. The number of hydrogen-bond donors (Lipinski definition) is 3. The van der Waals surface area contributed by atoms with Crippen molar-refractivity contribution in [2.45, 2.75) is 19.4 Å². The Hall–Kier alpha value is -4.92. The Bertz CT molecular complexity index is 1390. The molecule has 0 spiro atoms. The van der Waals surface area contributed by atoms with E-state index in [1.807, 2.05) is 60.7 Å². The average Bonchev–Trinajstić information content (AvgIpc) is 3.37. The average molecular weight is 528 g/mol. The minimum Gasteiger partial charge on any atom is -0.493 e. The van der Waals surface area contributed by atoms with E-state index in [1.165, 1.54) is 17.0 Å². The van der Waals surface area contributed by atoms with Gasteiger partial charge in [0.05, 0.1) is 5.92 Å². The number of aromatic nitrogens is 2. The van der Waals surface area contributed by atoms with E-state index in [-0.39, 0.29) is 31.9 Å². The summed E-state index contributed by atoms with van der Waals surface area (Å²) in [7, 11) is 0. The van der Waals surface area contributed by atoms with Crippen LogP contribution in [0.5, 0.6) is 5.75 Å². The van der Waals surface area contributed by atoms with E-state index in [0.717, 1.165) is 16.7 Å². The molecule has 0 saturated carbocycles. The van der Waals surface area contributed by atoms with Gasteiger partial charge in [0.2, 0.25) is 11.9 Å². The number of imidazole rings is 1. The maximum absolute atomic E-state index is 13.4. The monoisotopic (exact) mass is 527 g/mol. The van der Waals surface area contributed by atoms with E-state index in [2.05, 4.69) is 10.3 Å². The van der Waals surface area contributed by atoms with Gasteiger partial charge in [-0.2, -0.15) is 0 Å². The van der Waals surface area contributed by atoms with E-state index in [1.54, 1.807) is 24.3 Å². The summed E-state index contributed by atoms with van der Waals surface area (Å²) in [4.78, 5) is 40.8. The number of benzene rings is 3. The van der Waals surface area contributed by atoms with Gasteiger partial charge in [0.25, 0.3) is 0 Å². The molecular formula is C30H29N3O6. The Labute approximate surface area is 225 Å². The largest absolute Gasteiger partial charge is 0.493 e. The second-order valence-electron chi connectivity index (χ2n) is 9.12. The van der Waals surface area contributed by atoms with Crippen LogP contribution in [0.1, 0.15) is 12.0 Å². The summed E-state index contributed by atoms with van der Waals surface area (Å²) >= 11 is 0. The first kappa shape index (κ1) is 27.1. The quantitative estimate of drug-likeness (QED) is 0.232. The molecule has 1 amide bonds. The molecule has 9 heteroatoms. The van der Waals surface area contributed by atoms with Crippen LogP contribution in [0.2, 0.25) is 0 Å². The fraction of sp³-hybridized carbons (Fsp3) is 0.200. The Morgan fingerprint density at radius 1 is 0.846 bits per heavy atom. The predicted molar refractivity (Wildman–Crippen MR) is 145 cm³/mol. The predicted octanol–water partition coefficient (Wildman–Crippen LogP) is 4.60. The molecule has 200 valence electrons. The summed E-state index contributed by atoms with van der Waals surface area (Å²) < 4.78 is 7.00. The molecule has 0 radical (unpaired) electrons. The first-order valence-corrected chi connectivity index (χ1v) is 12.5. The van der Waals surface area contributed by atoms with Crippen LogP contribution in [0.4, 0.5) is 5.95 Å². The van der Waals surface area contributed by atoms with E-state index in [4.69, 9.17) is 9.84 Å². The molecule has 2 atom stereocenters. The SMILES string of the molecule is O=C(O)Cn1ccnc1NC(=O)[C@H](Cc1ccc(-c2ccccc2)cc1)CC(COc1ccccc1)C(=O)O. The zero-order valence-electron chi connectivity index (χ0n) is 21.1. The molecule has 4 rings (SSSR count). The smallest absolute Gasteiger partial charge is 0.323 e. The fourth-order valence-corrected chi connectivity index (χ4v) is 4.25. The second kappa shape index (κ2) is 13.0. The van der Waals surface area contributed by atoms with Gasteiger partial charge in [-0.15, -0.1) is 0 Å². The lowest BCUT2D eigenvalue weighted by molar-refractivity contribution is -0.143. The third-order valence-corrected chi connectivity index (χ3v) is 6.28. The molecule has 1 unspecified atom stereocenters. The number of nitrogens with one attached hydrogen (secondary N) is 1. The maximum atomic E-state index is 13.4. The van der Waals surface area contributed by atoms with Gasteiger partial charge in [-0.3, -0.25) is 19.7 Å². The molecule has 0 aliphatic carbocycles. The lowest BCUT2D eigenvalue weighted by Gasteiger charge is -2.21.